The van der Waals surface area contributed by atoms with E-state index in [-0.39, 0.29) is 5.54 Å². The number of hydrogen-bond acceptors (Lipinski definition) is 4. The summed E-state index contributed by atoms with van der Waals surface area (Å²) in [6.45, 7) is 8.73. The van der Waals surface area contributed by atoms with Crippen molar-refractivity contribution in [1.29, 1.82) is 0 Å². The normalized spacial score (nSPS) is 16.8. The second kappa shape index (κ2) is 4.98. The highest BCUT2D eigenvalue weighted by atomic mass is 15.6. The van der Waals surface area contributed by atoms with E-state index in [1.54, 1.807) is 0 Å². The monoisotopic (exact) mass is 271 g/mol. The SMILES string of the molecule is Cc1cccc(-n2nnnc2C(C)(C)N2CCCC2)c1. The van der Waals surface area contributed by atoms with Crippen molar-refractivity contribution >= 4 is 0 Å². The van der Waals surface area contributed by atoms with E-state index in [0.29, 0.717) is 0 Å². The molecule has 1 aliphatic heterocycles. The molecule has 1 aromatic carbocycles. The van der Waals surface area contributed by atoms with Crippen molar-refractivity contribution in [2.75, 3.05) is 13.1 Å². The van der Waals surface area contributed by atoms with Gasteiger partial charge in [0.2, 0.25) is 0 Å². The lowest BCUT2D eigenvalue weighted by Crippen LogP contribution is -2.41. The Morgan fingerprint density at radius 3 is 2.60 bits per heavy atom. The molecule has 2 heterocycles. The summed E-state index contributed by atoms with van der Waals surface area (Å²) in [6, 6.07) is 8.28. The van der Waals surface area contributed by atoms with Crippen LogP contribution in [0.1, 0.15) is 38.1 Å². The maximum absolute atomic E-state index is 4.30. The van der Waals surface area contributed by atoms with Gasteiger partial charge in [-0.1, -0.05) is 12.1 Å². The molecule has 0 spiro atoms. The Morgan fingerprint density at radius 2 is 1.90 bits per heavy atom. The Hall–Kier alpha value is -1.75. The van der Waals surface area contributed by atoms with Gasteiger partial charge in [0, 0.05) is 0 Å². The summed E-state index contributed by atoms with van der Waals surface area (Å²) in [7, 11) is 0. The first-order valence-electron chi connectivity index (χ1n) is 7.20. The molecule has 20 heavy (non-hydrogen) atoms. The van der Waals surface area contributed by atoms with E-state index in [1.807, 2.05) is 16.8 Å². The third-order valence-corrected chi connectivity index (χ3v) is 4.16. The minimum Gasteiger partial charge on any atom is -0.291 e. The molecule has 5 heteroatoms. The van der Waals surface area contributed by atoms with Gasteiger partial charge in [0.05, 0.1) is 11.2 Å². The van der Waals surface area contributed by atoms with E-state index in [1.165, 1.54) is 18.4 Å². The van der Waals surface area contributed by atoms with Gasteiger partial charge in [0.1, 0.15) is 0 Å². The highest BCUT2D eigenvalue weighted by Gasteiger charge is 2.35. The van der Waals surface area contributed by atoms with Crippen molar-refractivity contribution in [1.82, 2.24) is 25.1 Å². The first kappa shape index (κ1) is 13.2. The van der Waals surface area contributed by atoms with Gasteiger partial charge < -0.3 is 0 Å². The predicted octanol–water partition coefficient (Wildman–Crippen LogP) is 2.30. The lowest BCUT2D eigenvalue weighted by Gasteiger charge is -2.33. The molecule has 106 valence electrons. The van der Waals surface area contributed by atoms with Gasteiger partial charge in [-0.25, -0.2) is 0 Å². The van der Waals surface area contributed by atoms with Gasteiger partial charge in [0.15, 0.2) is 5.82 Å². The number of tetrazole rings is 1. The van der Waals surface area contributed by atoms with Gasteiger partial charge in [0.25, 0.3) is 0 Å². The van der Waals surface area contributed by atoms with Crippen LogP contribution in [0.4, 0.5) is 0 Å². The third-order valence-electron chi connectivity index (χ3n) is 4.16. The molecule has 0 atom stereocenters. The smallest absolute Gasteiger partial charge is 0.176 e. The second-order valence-corrected chi connectivity index (χ2v) is 6.01. The molecule has 0 bridgehead atoms. The number of benzene rings is 1. The number of aromatic nitrogens is 4. The molecule has 5 nitrogen and oxygen atoms in total. The fraction of sp³-hybridized carbons (Fsp3) is 0.533. The molecule has 1 aromatic heterocycles. The Kier molecular flexibility index (Phi) is 3.30. The summed E-state index contributed by atoms with van der Waals surface area (Å²) in [6.07, 6.45) is 2.52. The van der Waals surface area contributed by atoms with Gasteiger partial charge >= 0.3 is 0 Å². The number of nitrogens with zero attached hydrogens (tertiary/aromatic N) is 5. The van der Waals surface area contributed by atoms with Gasteiger partial charge in [-0.15, -0.1) is 5.10 Å². The summed E-state index contributed by atoms with van der Waals surface area (Å²) in [5, 5.41) is 12.4. The third kappa shape index (κ3) is 2.22. The van der Waals surface area contributed by atoms with E-state index in [0.717, 1.165) is 24.6 Å². The molecule has 0 radical (unpaired) electrons. The molecule has 0 N–H and O–H groups in total. The van der Waals surface area contributed by atoms with Crippen LogP contribution in [0, 0.1) is 6.92 Å². The largest absolute Gasteiger partial charge is 0.291 e. The summed E-state index contributed by atoms with van der Waals surface area (Å²) < 4.78 is 1.87. The standard InChI is InChI=1S/C15H21N5/c1-12-7-6-8-13(11-12)20-14(16-17-18-20)15(2,3)19-9-4-5-10-19/h6-8,11H,4-5,9-10H2,1-3H3. The topological polar surface area (TPSA) is 46.8 Å². The average Bonchev–Trinajstić information content (AvgIpc) is 3.11. The van der Waals surface area contributed by atoms with Crippen LogP contribution in [0.15, 0.2) is 24.3 Å². The molecule has 0 unspecified atom stereocenters. The van der Waals surface area contributed by atoms with Crippen LogP contribution in [0.2, 0.25) is 0 Å². The van der Waals surface area contributed by atoms with Crippen molar-refractivity contribution in [2.24, 2.45) is 0 Å². The molecule has 3 rings (SSSR count). The molecule has 0 amide bonds. The maximum Gasteiger partial charge on any atom is 0.176 e. The van der Waals surface area contributed by atoms with Crippen LogP contribution in [0.3, 0.4) is 0 Å². The fourth-order valence-corrected chi connectivity index (χ4v) is 2.92. The number of aryl methyl sites for hydroxylation is 1. The highest BCUT2D eigenvalue weighted by Crippen LogP contribution is 2.30. The lowest BCUT2D eigenvalue weighted by molar-refractivity contribution is 0.142. The van der Waals surface area contributed by atoms with E-state index >= 15 is 0 Å². The van der Waals surface area contributed by atoms with Gasteiger partial charge in [-0.2, -0.15) is 4.68 Å². The maximum atomic E-state index is 4.30. The van der Waals surface area contributed by atoms with Gasteiger partial charge in [-0.3, -0.25) is 4.90 Å². The van der Waals surface area contributed by atoms with Crippen LogP contribution in [-0.4, -0.2) is 38.2 Å². The second-order valence-electron chi connectivity index (χ2n) is 6.01. The minimum atomic E-state index is -0.149. The highest BCUT2D eigenvalue weighted by molar-refractivity contribution is 5.35. The first-order valence-corrected chi connectivity index (χ1v) is 7.20. The molecular weight excluding hydrogens is 250 g/mol. The van der Waals surface area contributed by atoms with E-state index in [9.17, 15) is 0 Å². The quantitative estimate of drug-likeness (QED) is 0.859. The minimum absolute atomic E-state index is 0.149. The summed E-state index contributed by atoms with van der Waals surface area (Å²) >= 11 is 0. The number of rotatable bonds is 3. The zero-order chi connectivity index (χ0) is 14.2. The van der Waals surface area contributed by atoms with Crippen LogP contribution >= 0.6 is 0 Å². The van der Waals surface area contributed by atoms with Crippen LogP contribution in [0.5, 0.6) is 0 Å². The van der Waals surface area contributed by atoms with Crippen molar-refractivity contribution in [2.45, 2.75) is 39.2 Å². The molecule has 1 aliphatic rings. The van der Waals surface area contributed by atoms with E-state index in [4.69, 9.17) is 0 Å². The zero-order valence-electron chi connectivity index (χ0n) is 12.4. The van der Waals surface area contributed by atoms with Crippen LogP contribution < -0.4 is 0 Å². The lowest BCUT2D eigenvalue weighted by atomic mass is 10.0. The predicted molar refractivity (Wildman–Crippen MR) is 77.7 cm³/mol. The van der Waals surface area contributed by atoms with Crippen LogP contribution in [-0.2, 0) is 5.54 Å². The summed E-state index contributed by atoms with van der Waals surface area (Å²) in [5.41, 5.74) is 2.09. The molecule has 0 aliphatic carbocycles. The Bertz CT molecular complexity index is 596. The number of likely N-dealkylation sites (tertiary alicyclic amines) is 1. The fourth-order valence-electron chi connectivity index (χ4n) is 2.92. The molecule has 1 saturated heterocycles. The molecular formula is C15H21N5. The van der Waals surface area contributed by atoms with Crippen molar-refractivity contribution < 1.29 is 0 Å². The molecule has 1 fully saturated rings. The average molecular weight is 271 g/mol. The zero-order valence-corrected chi connectivity index (χ0v) is 12.4. The Labute approximate surface area is 119 Å². The molecule has 0 saturated carbocycles. The molecule has 2 aromatic rings. The van der Waals surface area contributed by atoms with Crippen molar-refractivity contribution in [3.05, 3.63) is 35.7 Å². The van der Waals surface area contributed by atoms with E-state index < -0.39 is 0 Å². The van der Waals surface area contributed by atoms with E-state index in [2.05, 4.69) is 53.3 Å². The summed E-state index contributed by atoms with van der Waals surface area (Å²) in [4.78, 5) is 2.46. The van der Waals surface area contributed by atoms with Crippen molar-refractivity contribution in [3.63, 3.8) is 0 Å². The first-order chi connectivity index (χ1) is 9.59. The van der Waals surface area contributed by atoms with Gasteiger partial charge in [-0.05, 0) is 74.8 Å². The van der Waals surface area contributed by atoms with Crippen LogP contribution in [0.25, 0.3) is 5.69 Å². The summed E-state index contributed by atoms with van der Waals surface area (Å²) in [5.74, 6) is 0.907. The number of hydrogen-bond donors (Lipinski definition) is 0. The Morgan fingerprint density at radius 1 is 1.15 bits per heavy atom. The van der Waals surface area contributed by atoms with Crippen molar-refractivity contribution in [3.8, 4) is 5.69 Å². The Balaban J connectivity index is 2.01.